The summed E-state index contributed by atoms with van der Waals surface area (Å²) >= 11 is 0. The largest absolute Gasteiger partial charge is 0.398 e. The molecule has 3 aromatic rings. The third kappa shape index (κ3) is 2.42. The summed E-state index contributed by atoms with van der Waals surface area (Å²) in [7, 11) is 0. The predicted octanol–water partition coefficient (Wildman–Crippen LogP) is 2.36. The molecule has 1 aromatic carbocycles. The Morgan fingerprint density at radius 1 is 1.05 bits per heavy atom. The second kappa shape index (κ2) is 4.89. The fourth-order valence-electron chi connectivity index (χ4n) is 1.68. The summed E-state index contributed by atoms with van der Waals surface area (Å²) in [6.07, 6.45) is 3.20. The first-order chi connectivity index (χ1) is 10.0. The minimum Gasteiger partial charge on any atom is -0.398 e. The maximum absolute atomic E-state index is 13.3. The Morgan fingerprint density at radius 3 is 2.43 bits per heavy atom. The highest BCUT2D eigenvalue weighted by Crippen LogP contribution is 2.27. The molecule has 0 atom stereocenters. The van der Waals surface area contributed by atoms with E-state index in [-0.39, 0.29) is 28.8 Å². The van der Waals surface area contributed by atoms with E-state index in [1.807, 2.05) is 6.92 Å². The molecular formula is C13H9F2N5O. The highest BCUT2D eigenvalue weighted by molar-refractivity contribution is 5.71. The van der Waals surface area contributed by atoms with E-state index in [4.69, 9.17) is 10.3 Å². The van der Waals surface area contributed by atoms with Crippen molar-refractivity contribution in [2.45, 2.75) is 6.92 Å². The van der Waals surface area contributed by atoms with Crippen molar-refractivity contribution < 1.29 is 13.3 Å². The molecule has 0 unspecified atom stereocenters. The first-order valence-electron chi connectivity index (χ1n) is 5.92. The zero-order chi connectivity index (χ0) is 15.0. The molecule has 0 aliphatic carbocycles. The van der Waals surface area contributed by atoms with E-state index in [0.717, 1.165) is 17.7 Å². The number of nitrogens with zero attached hydrogens (tertiary/aromatic N) is 4. The van der Waals surface area contributed by atoms with Gasteiger partial charge in [0.2, 0.25) is 11.6 Å². The van der Waals surface area contributed by atoms with Crippen LogP contribution in [-0.2, 0) is 0 Å². The molecule has 0 aliphatic rings. The van der Waals surface area contributed by atoms with Crippen molar-refractivity contribution in [1.29, 1.82) is 0 Å². The lowest BCUT2D eigenvalue weighted by molar-refractivity contribution is 0.431. The summed E-state index contributed by atoms with van der Waals surface area (Å²) in [6.45, 7) is 1.84. The summed E-state index contributed by atoms with van der Waals surface area (Å²) in [4.78, 5) is 12.1. The van der Waals surface area contributed by atoms with Crippen LogP contribution in [-0.4, -0.2) is 20.1 Å². The highest BCUT2D eigenvalue weighted by atomic mass is 19.2. The summed E-state index contributed by atoms with van der Waals surface area (Å²) in [5.41, 5.74) is 6.61. The topological polar surface area (TPSA) is 90.7 Å². The molecule has 0 bridgehead atoms. The van der Waals surface area contributed by atoms with Crippen molar-refractivity contribution in [3.63, 3.8) is 0 Å². The van der Waals surface area contributed by atoms with E-state index < -0.39 is 11.6 Å². The first-order valence-corrected chi connectivity index (χ1v) is 5.92. The molecule has 0 fully saturated rings. The van der Waals surface area contributed by atoms with Gasteiger partial charge in [-0.15, -0.1) is 0 Å². The minimum absolute atomic E-state index is 0.00563. The van der Waals surface area contributed by atoms with Crippen LogP contribution in [0.3, 0.4) is 0 Å². The fraction of sp³-hybridized carbons (Fsp3) is 0.0769. The van der Waals surface area contributed by atoms with Gasteiger partial charge in [-0.1, -0.05) is 5.16 Å². The van der Waals surface area contributed by atoms with E-state index in [1.165, 1.54) is 0 Å². The Balaban J connectivity index is 2.02. The Morgan fingerprint density at radius 2 is 1.71 bits per heavy atom. The van der Waals surface area contributed by atoms with Crippen LogP contribution in [0.15, 0.2) is 29.0 Å². The lowest BCUT2D eigenvalue weighted by Gasteiger charge is -2.01. The summed E-state index contributed by atoms with van der Waals surface area (Å²) < 4.78 is 31.3. The summed E-state index contributed by atoms with van der Waals surface area (Å²) in [6, 6.07) is 1.76. The minimum atomic E-state index is -1.05. The molecule has 0 saturated heterocycles. The summed E-state index contributed by atoms with van der Waals surface area (Å²) in [5.74, 6) is -1.74. The van der Waals surface area contributed by atoms with E-state index >= 15 is 0 Å². The van der Waals surface area contributed by atoms with Crippen molar-refractivity contribution in [2.24, 2.45) is 0 Å². The van der Waals surface area contributed by atoms with Gasteiger partial charge in [0.15, 0.2) is 11.6 Å². The van der Waals surface area contributed by atoms with Crippen molar-refractivity contribution in [2.75, 3.05) is 5.73 Å². The van der Waals surface area contributed by atoms with Gasteiger partial charge in [-0.25, -0.2) is 18.7 Å². The van der Waals surface area contributed by atoms with E-state index in [1.54, 1.807) is 12.4 Å². The zero-order valence-electron chi connectivity index (χ0n) is 10.8. The number of nitrogens with two attached hydrogens (primary N) is 1. The number of anilines is 1. The highest BCUT2D eigenvalue weighted by Gasteiger charge is 2.17. The van der Waals surface area contributed by atoms with Crippen molar-refractivity contribution in [3.05, 3.63) is 41.7 Å². The van der Waals surface area contributed by atoms with Crippen LogP contribution in [0.4, 0.5) is 14.5 Å². The fourth-order valence-corrected chi connectivity index (χ4v) is 1.68. The molecule has 2 heterocycles. The first kappa shape index (κ1) is 13.1. The van der Waals surface area contributed by atoms with Crippen LogP contribution in [0.25, 0.3) is 23.1 Å². The number of hydrogen-bond acceptors (Lipinski definition) is 6. The van der Waals surface area contributed by atoms with Gasteiger partial charge < -0.3 is 10.3 Å². The smallest absolute Gasteiger partial charge is 0.260 e. The van der Waals surface area contributed by atoms with Crippen LogP contribution >= 0.6 is 0 Å². The molecule has 0 radical (unpaired) electrons. The van der Waals surface area contributed by atoms with Gasteiger partial charge in [-0.3, -0.25) is 0 Å². The number of benzene rings is 1. The maximum atomic E-state index is 13.3. The molecule has 3 rings (SSSR count). The van der Waals surface area contributed by atoms with Crippen LogP contribution in [0, 0.1) is 18.6 Å². The molecule has 2 N–H and O–H groups in total. The van der Waals surface area contributed by atoms with Gasteiger partial charge in [0.05, 0.1) is 5.56 Å². The third-order valence-electron chi connectivity index (χ3n) is 2.73. The van der Waals surface area contributed by atoms with Gasteiger partial charge in [-0.2, -0.15) is 4.98 Å². The van der Waals surface area contributed by atoms with Gasteiger partial charge in [0, 0.05) is 24.1 Å². The molecule has 106 valence electrons. The molecule has 2 aromatic heterocycles. The molecular weight excluding hydrogens is 280 g/mol. The number of aromatic nitrogens is 4. The lowest BCUT2D eigenvalue weighted by Crippen LogP contribution is -1.95. The van der Waals surface area contributed by atoms with E-state index in [2.05, 4.69) is 20.1 Å². The van der Waals surface area contributed by atoms with Crippen molar-refractivity contribution >= 4 is 5.69 Å². The second-order valence-corrected chi connectivity index (χ2v) is 4.36. The average Bonchev–Trinajstić information content (AvgIpc) is 2.93. The molecule has 21 heavy (non-hydrogen) atoms. The third-order valence-corrected chi connectivity index (χ3v) is 2.73. The number of hydrogen-bond donors (Lipinski definition) is 1. The number of rotatable bonds is 2. The average molecular weight is 289 g/mol. The molecule has 0 aliphatic heterocycles. The standard InChI is InChI=1S/C13H9F2N5O/c1-6-4-17-11(18-5-6)12-19-13(21-20-12)7-2-8(14)9(15)3-10(7)16/h2-5H,16H2,1H3. The Hall–Kier alpha value is -2.90. The Kier molecular flexibility index (Phi) is 3.05. The molecule has 6 nitrogen and oxygen atoms in total. The number of halogens is 2. The number of nitrogen functional groups attached to an aromatic ring is 1. The monoisotopic (exact) mass is 289 g/mol. The Bertz CT molecular complexity index is 801. The van der Waals surface area contributed by atoms with Crippen molar-refractivity contribution in [3.8, 4) is 23.1 Å². The van der Waals surface area contributed by atoms with Crippen LogP contribution in [0.5, 0.6) is 0 Å². The van der Waals surface area contributed by atoms with E-state index in [0.29, 0.717) is 0 Å². The lowest BCUT2D eigenvalue weighted by atomic mass is 10.1. The van der Waals surface area contributed by atoms with Gasteiger partial charge in [0.25, 0.3) is 5.89 Å². The van der Waals surface area contributed by atoms with Crippen LogP contribution in [0.1, 0.15) is 5.56 Å². The summed E-state index contributed by atoms with van der Waals surface area (Å²) in [5, 5.41) is 3.70. The van der Waals surface area contributed by atoms with Gasteiger partial charge in [0.1, 0.15) is 0 Å². The SMILES string of the molecule is Cc1cnc(-c2noc(-c3cc(F)c(F)cc3N)n2)nc1. The van der Waals surface area contributed by atoms with Gasteiger partial charge >= 0.3 is 0 Å². The normalized spacial score (nSPS) is 10.8. The molecule has 8 heteroatoms. The van der Waals surface area contributed by atoms with Crippen molar-refractivity contribution in [1.82, 2.24) is 20.1 Å². The van der Waals surface area contributed by atoms with Crippen LogP contribution < -0.4 is 5.73 Å². The Labute approximate surface area is 117 Å². The van der Waals surface area contributed by atoms with Gasteiger partial charge in [-0.05, 0) is 18.6 Å². The maximum Gasteiger partial charge on any atom is 0.260 e. The zero-order valence-corrected chi connectivity index (χ0v) is 10.8. The molecule has 0 amide bonds. The molecule has 0 saturated carbocycles. The van der Waals surface area contributed by atoms with Crippen LogP contribution in [0.2, 0.25) is 0 Å². The second-order valence-electron chi connectivity index (χ2n) is 4.36. The van der Waals surface area contributed by atoms with E-state index in [9.17, 15) is 8.78 Å². The molecule has 0 spiro atoms. The quantitative estimate of drug-likeness (QED) is 0.728. The predicted molar refractivity (Wildman–Crippen MR) is 69.8 cm³/mol. The number of aryl methyl sites for hydroxylation is 1.